The zero-order valence-electron chi connectivity index (χ0n) is 13.3. The molecule has 0 heterocycles. The molecule has 1 saturated carbocycles. The van der Waals surface area contributed by atoms with Gasteiger partial charge in [0.15, 0.2) is 0 Å². The number of hydrogen-bond acceptors (Lipinski definition) is 2. The van der Waals surface area contributed by atoms with Crippen molar-refractivity contribution in [3.05, 3.63) is 35.4 Å². The van der Waals surface area contributed by atoms with Gasteiger partial charge in [0.05, 0.1) is 12.2 Å². The van der Waals surface area contributed by atoms with Crippen LogP contribution >= 0.6 is 0 Å². The third-order valence-corrected chi connectivity index (χ3v) is 4.74. The topological polar surface area (TPSA) is 35.2 Å². The molecule has 112 valence electrons. The molecule has 2 heteroatoms. The minimum atomic E-state index is 0.0144. The summed E-state index contributed by atoms with van der Waals surface area (Å²) in [4.78, 5) is 0. The van der Waals surface area contributed by atoms with Crippen LogP contribution in [0.15, 0.2) is 24.3 Å². The lowest BCUT2D eigenvalue weighted by molar-refractivity contribution is -0.0568. The van der Waals surface area contributed by atoms with Gasteiger partial charge in [-0.05, 0) is 50.5 Å². The fourth-order valence-corrected chi connectivity index (χ4v) is 3.18. The van der Waals surface area contributed by atoms with Crippen LogP contribution in [0.1, 0.15) is 57.3 Å². The molecule has 1 aromatic carbocycles. The van der Waals surface area contributed by atoms with Gasteiger partial charge in [0.1, 0.15) is 0 Å². The van der Waals surface area contributed by atoms with E-state index in [2.05, 4.69) is 45.0 Å². The molecule has 0 spiro atoms. The van der Waals surface area contributed by atoms with Gasteiger partial charge < -0.3 is 10.5 Å². The molecule has 20 heavy (non-hydrogen) atoms. The lowest BCUT2D eigenvalue weighted by atomic mass is 9.80. The molecule has 0 bridgehead atoms. The molecular weight excluding hydrogens is 246 g/mol. The predicted molar refractivity (Wildman–Crippen MR) is 84.6 cm³/mol. The van der Waals surface area contributed by atoms with Crippen LogP contribution in [0.2, 0.25) is 0 Å². The van der Waals surface area contributed by atoms with E-state index in [0.29, 0.717) is 6.10 Å². The van der Waals surface area contributed by atoms with Crippen molar-refractivity contribution in [2.24, 2.45) is 17.6 Å². The van der Waals surface area contributed by atoms with Gasteiger partial charge in [0.25, 0.3) is 0 Å². The lowest BCUT2D eigenvalue weighted by Gasteiger charge is -2.35. The van der Waals surface area contributed by atoms with Crippen LogP contribution in [-0.2, 0) is 4.74 Å². The van der Waals surface area contributed by atoms with Crippen LogP contribution in [0.5, 0.6) is 0 Å². The van der Waals surface area contributed by atoms with Crippen molar-refractivity contribution >= 4 is 0 Å². The van der Waals surface area contributed by atoms with E-state index in [1.165, 1.54) is 24.0 Å². The Bertz CT molecular complexity index is 429. The van der Waals surface area contributed by atoms with Crippen molar-refractivity contribution in [1.29, 1.82) is 0 Å². The zero-order valence-corrected chi connectivity index (χ0v) is 13.3. The Kier molecular flexibility index (Phi) is 5.22. The highest BCUT2D eigenvalue weighted by Gasteiger charge is 2.28. The third-order valence-electron chi connectivity index (χ3n) is 4.74. The van der Waals surface area contributed by atoms with Gasteiger partial charge in [-0.25, -0.2) is 0 Å². The van der Waals surface area contributed by atoms with Crippen LogP contribution in [0, 0.1) is 18.8 Å². The predicted octanol–water partition coefficient (Wildman–Crippen LogP) is 4.22. The highest BCUT2D eigenvalue weighted by atomic mass is 16.5. The maximum atomic E-state index is 6.39. The zero-order chi connectivity index (χ0) is 14.7. The largest absolute Gasteiger partial charge is 0.369 e. The first kappa shape index (κ1) is 15.5. The average molecular weight is 275 g/mol. The van der Waals surface area contributed by atoms with E-state index in [4.69, 9.17) is 10.5 Å². The minimum Gasteiger partial charge on any atom is -0.369 e. The Morgan fingerprint density at radius 2 is 1.95 bits per heavy atom. The van der Waals surface area contributed by atoms with Gasteiger partial charge in [0, 0.05) is 6.04 Å². The molecule has 5 unspecified atom stereocenters. The summed E-state index contributed by atoms with van der Waals surface area (Å²) in [6.45, 7) is 8.85. The smallest absolute Gasteiger partial charge is 0.0976 e. The summed E-state index contributed by atoms with van der Waals surface area (Å²) in [7, 11) is 0. The van der Waals surface area contributed by atoms with Crippen molar-refractivity contribution in [2.75, 3.05) is 0 Å². The van der Waals surface area contributed by atoms with E-state index in [-0.39, 0.29) is 12.1 Å². The molecule has 0 radical (unpaired) electrons. The van der Waals surface area contributed by atoms with Crippen molar-refractivity contribution in [3.8, 4) is 0 Å². The first-order valence-corrected chi connectivity index (χ1v) is 7.95. The van der Waals surface area contributed by atoms with Crippen molar-refractivity contribution < 1.29 is 4.74 Å². The molecular formula is C18H29NO. The fraction of sp³-hybridized carbons (Fsp3) is 0.667. The summed E-state index contributed by atoms with van der Waals surface area (Å²) in [5.74, 6) is 1.57. The monoisotopic (exact) mass is 275 g/mol. The highest BCUT2D eigenvalue weighted by molar-refractivity contribution is 5.25. The molecule has 0 aromatic heterocycles. The third kappa shape index (κ3) is 3.83. The number of aryl methyl sites for hydroxylation is 1. The summed E-state index contributed by atoms with van der Waals surface area (Å²) in [5.41, 5.74) is 8.65. The molecule has 5 atom stereocenters. The van der Waals surface area contributed by atoms with Gasteiger partial charge >= 0.3 is 0 Å². The van der Waals surface area contributed by atoms with Gasteiger partial charge in [-0.3, -0.25) is 0 Å². The average Bonchev–Trinajstić information content (AvgIpc) is 2.39. The molecule has 2 nitrogen and oxygen atoms in total. The molecule has 1 fully saturated rings. The normalized spacial score (nSPS) is 29.9. The van der Waals surface area contributed by atoms with Gasteiger partial charge in [-0.15, -0.1) is 0 Å². The van der Waals surface area contributed by atoms with Gasteiger partial charge in [-0.1, -0.05) is 43.7 Å². The first-order chi connectivity index (χ1) is 9.47. The second-order valence-electron chi connectivity index (χ2n) is 6.72. The van der Waals surface area contributed by atoms with Gasteiger partial charge in [-0.2, -0.15) is 0 Å². The van der Waals surface area contributed by atoms with Crippen LogP contribution in [-0.4, -0.2) is 12.1 Å². The summed E-state index contributed by atoms with van der Waals surface area (Å²) >= 11 is 0. The number of hydrogen-bond donors (Lipinski definition) is 1. The summed E-state index contributed by atoms with van der Waals surface area (Å²) < 4.78 is 6.39. The number of nitrogens with two attached hydrogens (primary N) is 1. The molecule has 1 aromatic rings. The lowest BCUT2D eigenvalue weighted by Crippen LogP contribution is -2.34. The number of benzene rings is 1. The molecule has 1 aliphatic rings. The van der Waals surface area contributed by atoms with Crippen molar-refractivity contribution in [1.82, 2.24) is 0 Å². The maximum Gasteiger partial charge on any atom is 0.0976 e. The van der Waals surface area contributed by atoms with Crippen LogP contribution in [0.4, 0.5) is 0 Å². The first-order valence-electron chi connectivity index (χ1n) is 7.95. The molecule has 2 rings (SSSR count). The van der Waals surface area contributed by atoms with E-state index in [1.54, 1.807) is 0 Å². The Morgan fingerprint density at radius 3 is 2.55 bits per heavy atom. The SMILES string of the molecule is Cc1cccc(C(OC2CCC(C)C(C)C2)C(C)N)c1. The molecule has 0 amide bonds. The highest BCUT2D eigenvalue weighted by Crippen LogP contribution is 2.34. The number of rotatable bonds is 4. The molecule has 0 saturated heterocycles. The summed E-state index contributed by atoms with van der Waals surface area (Å²) in [5, 5.41) is 0. The van der Waals surface area contributed by atoms with Crippen molar-refractivity contribution in [2.45, 2.75) is 65.2 Å². The second kappa shape index (κ2) is 6.73. The Morgan fingerprint density at radius 1 is 1.20 bits per heavy atom. The Labute approximate surface area is 123 Å². The second-order valence-corrected chi connectivity index (χ2v) is 6.72. The van der Waals surface area contributed by atoms with Crippen LogP contribution in [0.25, 0.3) is 0 Å². The van der Waals surface area contributed by atoms with Crippen LogP contribution in [0.3, 0.4) is 0 Å². The Hall–Kier alpha value is -0.860. The van der Waals surface area contributed by atoms with Crippen LogP contribution < -0.4 is 5.73 Å². The van der Waals surface area contributed by atoms with E-state index >= 15 is 0 Å². The van der Waals surface area contributed by atoms with E-state index in [1.807, 2.05) is 6.92 Å². The van der Waals surface area contributed by atoms with E-state index in [0.717, 1.165) is 18.3 Å². The molecule has 1 aliphatic carbocycles. The summed E-state index contributed by atoms with van der Waals surface area (Å²) in [6, 6.07) is 8.56. The van der Waals surface area contributed by atoms with Gasteiger partial charge in [0.2, 0.25) is 0 Å². The van der Waals surface area contributed by atoms with E-state index in [9.17, 15) is 0 Å². The van der Waals surface area contributed by atoms with E-state index < -0.39 is 0 Å². The van der Waals surface area contributed by atoms with Crippen molar-refractivity contribution in [3.63, 3.8) is 0 Å². The fourth-order valence-electron chi connectivity index (χ4n) is 3.18. The molecule has 0 aliphatic heterocycles. The minimum absolute atomic E-state index is 0.0144. The quantitative estimate of drug-likeness (QED) is 0.892. The Balaban J connectivity index is 2.07. The standard InChI is InChI=1S/C18H29NO/c1-12-6-5-7-16(10-12)18(15(4)19)20-17-9-8-13(2)14(3)11-17/h5-7,10,13-15,17-18H,8-9,11,19H2,1-4H3. The summed E-state index contributed by atoms with van der Waals surface area (Å²) in [6.07, 6.45) is 3.97. The maximum absolute atomic E-state index is 6.39. The molecule has 2 N–H and O–H groups in total. The number of ether oxygens (including phenoxy) is 1.